The minimum atomic E-state index is -6.49. The van der Waals surface area contributed by atoms with Crippen LogP contribution in [0.3, 0.4) is 0 Å². The van der Waals surface area contributed by atoms with Gasteiger partial charge in [0.1, 0.15) is 0 Å². The zero-order valence-corrected chi connectivity index (χ0v) is 17.4. The van der Waals surface area contributed by atoms with Crippen LogP contribution < -0.4 is 0 Å². The van der Waals surface area contributed by atoms with Crippen LogP contribution in [0.4, 0.5) is 52.7 Å². The molecule has 1 aromatic rings. The van der Waals surface area contributed by atoms with Crippen LogP contribution in [-0.4, -0.2) is 29.8 Å². The molecule has 33 heavy (non-hydrogen) atoms. The molecule has 0 saturated heterocycles. The summed E-state index contributed by atoms with van der Waals surface area (Å²) in [5, 5.41) is 9.75. The molecule has 1 aliphatic carbocycles. The Morgan fingerprint density at radius 2 is 1.18 bits per heavy atom. The van der Waals surface area contributed by atoms with Crippen molar-refractivity contribution in [3.8, 4) is 0 Å². The molecule has 0 amide bonds. The molecule has 1 fully saturated rings. The molecule has 0 bridgehead atoms. The van der Waals surface area contributed by atoms with Gasteiger partial charge in [-0.25, -0.2) is 0 Å². The first kappa shape index (κ1) is 27.6. The highest BCUT2D eigenvalue weighted by atomic mass is 19.4. The molecule has 1 N–H and O–H groups in total. The molecule has 2 rings (SSSR count). The van der Waals surface area contributed by atoms with E-state index in [4.69, 9.17) is 0 Å². The summed E-state index contributed by atoms with van der Waals surface area (Å²) in [6.07, 6.45) is -24.7. The fraction of sp³-hybridized carbons (Fsp3) is 0.700. The van der Waals surface area contributed by atoms with Gasteiger partial charge >= 0.3 is 24.7 Å². The Bertz CT molecular complexity index is 793. The third-order valence-corrected chi connectivity index (χ3v) is 6.81. The largest absolute Gasteiger partial charge is 0.430 e. The van der Waals surface area contributed by atoms with Crippen LogP contribution in [0, 0.1) is 5.92 Å². The molecule has 1 saturated carbocycles. The molecule has 0 spiro atoms. The number of rotatable bonds is 5. The van der Waals surface area contributed by atoms with Gasteiger partial charge in [0.2, 0.25) is 0 Å². The predicted octanol–water partition coefficient (Wildman–Crippen LogP) is 7.46. The average Bonchev–Trinajstić information content (AvgIpc) is 3.37. The number of hydrogen-bond donors (Lipinski definition) is 1. The number of alkyl halides is 12. The molecule has 13 heteroatoms. The zero-order valence-electron chi connectivity index (χ0n) is 17.4. The predicted molar refractivity (Wildman–Crippen MR) is 92.3 cm³/mol. The van der Waals surface area contributed by atoms with Gasteiger partial charge in [-0.2, -0.15) is 52.7 Å². The van der Waals surface area contributed by atoms with Crippen molar-refractivity contribution in [1.82, 2.24) is 0 Å². The van der Waals surface area contributed by atoms with Crippen molar-refractivity contribution in [3.05, 3.63) is 34.9 Å². The highest BCUT2D eigenvalue weighted by molar-refractivity contribution is 5.46. The summed E-state index contributed by atoms with van der Waals surface area (Å²) in [6, 6.07) is 0.0752. The lowest BCUT2D eigenvalue weighted by Gasteiger charge is -2.38. The fourth-order valence-corrected chi connectivity index (χ4v) is 4.30. The van der Waals surface area contributed by atoms with E-state index in [0.29, 0.717) is 12.5 Å². The van der Waals surface area contributed by atoms with Gasteiger partial charge in [0, 0.05) is 5.56 Å². The molecule has 2 unspecified atom stereocenters. The topological polar surface area (TPSA) is 20.2 Å². The van der Waals surface area contributed by atoms with Crippen LogP contribution in [0.15, 0.2) is 18.2 Å². The van der Waals surface area contributed by atoms with E-state index in [-0.39, 0.29) is 31.7 Å². The Hall–Kier alpha value is -1.66. The quantitative estimate of drug-likeness (QED) is 0.413. The van der Waals surface area contributed by atoms with Crippen LogP contribution in [-0.2, 0) is 16.4 Å². The summed E-state index contributed by atoms with van der Waals surface area (Å²) in [5.41, 5.74) is -16.3. The van der Waals surface area contributed by atoms with Crippen molar-refractivity contribution in [2.75, 3.05) is 0 Å². The van der Waals surface area contributed by atoms with Crippen molar-refractivity contribution < 1.29 is 57.8 Å². The normalized spacial score (nSPS) is 23.1. The number of halogens is 12. The second-order valence-electron chi connectivity index (χ2n) is 8.44. The SMILES string of the molecule is CCC1CC1(CC)c1cc(C(C)(C(F)(F)F)C(F)(F)F)cc(C(O)(C(F)(F)F)C(F)(F)F)c1. The average molecular weight is 504 g/mol. The fourth-order valence-electron chi connectivity index (χ4n) is 4.30. The minimum absolute atomic E-state index is 0.0413. The van der Waals surface area contributed by atoms with Gasteiger partial charge in [0.05, 0.1) is 0 Å². The van der Waals surface area contributed by atoms with Gasteiger partial charge < -0.3 is 5.11 Å². The highest BCUT2D eigenvalue weighted by Gasteiger charge is 2.73. The van der Waals surface area contributed by atoms with Crippen LogP contribution >= 0.6 is 0 Å². The van der Waals surface area contributed by atoms with Crippen molar-refractivity contribution in [2.24, 2.45) is 5.92 Å². The Labute approximate surface area is 180 Å². The van der Waals surface area contributed by atoms with E-state index in [0.717, 1.165) is 0 Å². The second kappa shape index (κ2) is 7.67. The monoisotopic (exact) mass is 504 g/mol. The van der Waals surface area contributed by atoms with E-state index >= 15 is 0 Å². The zero-order chi connectivity index (χ0) is 26.1. The Balaban J connectivity index is 3.02. The first-order valence-corrected chi connectivity index (χ1v) is 9.70. The van der Waals surface area contributed by atoms with Gasteiger partial charge in [-0.3, -0.25) is 0 Å². The standard InChI is InChI=1S/C20H20F12O/c1-4-10-9-15(10,5-2)12-6-11(14(3,17(21,22)23)18(24,25)26)7-13(8-12)16(33,19(27,28)29)20(30,31)32/h6-8,10,33H,4-5,9H2,1-3H3. The molecule has 1 nitrogen and oxygen atoms in total. The first-order valence-electron chi connectivity index (χ1n) is 9.70. The second-order valence-corrected chi connectivity index (χ2v) is 8.44. The Morgan fingerprint density at radius 1 is 0.758 bits per heavy atom. The van der Waals surface area contributed by atoms with Gasteiger partial charge in [-0.05, 0) is 42.2 Å². The lowest BCUT2D eigenvalue weighted by Crippen LogP contribution is -2.55. The molecule has 0 radical (unpaired) electrons. The van der Waals surface area contributed by atoms with Gasteiger partial charge in [0.25, 0.3) is 5.60 Å². The lowest BCUT2D eigenvalue weighted by atomic mass is 9.75. The molecular weight excluding hydrogens is 484 g/mol. The summed E-state index contributed by atoms with van der Waals surface area (Å²) in [6.45, 7) is 2.72. The molecule has 1 aliphatic rings. The summed E-state index contributed by atoms with van der Waals surface area (Å²) in [7, 11) is 0. The van der Waals surface area contributed by atoms with Crippen LogP contribution in [0.1, 0.15) is 56.7 Å². The van der Waals surface area contributed by atoms with Crippen LogP contribution in [0.25, 0.3) is 0 Å². The lowest BCUT2D eigenvalue weighted by molar-refractivity contribution is -0.376. The first-order chi connectivity index (χ1) is 14.5. The van der Waals surface area contributed by atoms with Gasteiger partial charge in [-0.1, -0.05) is 38.5 Å². The Kier molecular flexibility index (Phi) is 6.41. The van der Waals surface area contributed by atoms with Crippen molar-refractivity contribution >= 4 is 0 Å². The van der Waals surface area contributed by atoms with Crippen molar-refractivity contribution in [3.63, 3.8) is 0 Å². The minimum Gasteiger partial charge on any atom is -0.369 e. The van der Waals surface area contributed by atoms with E-state index in [1.807, 2.05) is 0 Å². The van der Waals surface area contributed by atoms with Gasteiger partial charge in [0.15, 0.2) is 5.41 Å². The highest BCUT2D eigenvalue weighted by Crippen LogP contribution is 2.61. The molecule has 0 heterocycles. The maximum absolute atomic E-state index is 13.6. The molecule has 190 valence electrons. The molecule has 2 atom stereocenters. The van der Waals surface area contributed by atoms with Crippen molar-refractivity contribution in [2.45, 2.75) is 81.2 Å². The Morgan fingerprint density at radius 3 is 1.48 bits per heavy atom. The maximum atomic E-state index is 13.6. The number of aliphatic hydroxyl groups is 1. The van der Waals surface area contributed by atoms with E-state index in [9.17, 15) is 57.8 Å². The summed E-state index contributed by atoms with van der Waals surface area (Å²) in [5.74, 6) is -0.376. The maximum Gasteiger partial charge on any atom is 0.430 e. The molecule has 0 aliphatic heterocycles. The summed E-state index contributed by atoms with van der Waals surface area (Å²) >= 11 is 0. The molecule has 0 aromatic heterocycles. The van der Waals surface area contributed by atoms with Gasteiger partial charge in [-0.15, -0.1) is 0 Å². The van der Waals surface area contributed by atoms with E-state index < -0.39 is 63.9 Å². The third kappa shape index (κ3) is 3.97. The number of benzene rings is 1. The summed E-state index contributed by atoms with van der Waals surface area (Å²) in [4.78, 5) is 0. The van der Waals surface area contributed by atoms with E-state index in [1.54, 1.807) is 6.92 Å². The third-order valence-electron chi connectivity index (χ3n) is 6.81. The van der Waals surface area contributed by atoms with E-state index in [1.165, 1.54) is 6.92 Å². The number of hydrogen-bond acceptors (Lipinski definition) is 1. The smallest absolute Gasteiger partial charge is 0.369 e. The van der Waals surface area contributed by atoms with Crippen molar-refractivity contribution in [1.29, 1.82) is 0 Å². The van der Waals surface area contributed by atoms with Crippen LogP contribution in [0.2, 0.25) is 0 Å². The molecule has 1 aromatic carbocycles. The van der Waals surface area contributed by atoms with E-state index in [2.05, 4.69) is 0 Å². The van der Waals surface area contributed by atoms with Crippen LogP contribution in [0.5, 0.6) is 0 Å². The summed E-state index contributed by atoms with van der Waals surface area (Å²) < 4.78 is 162. The molecular formula is C20H20F12O.